The van der Waals surface area contributed by atoms with E-state index in [2.05, 4.69) is 26.9 Å². The van der Waals surface area contributed by atoms with Crippen LogP contribution in [0, 0.1) is 11.3 Å². The fourth-order valence-corrected chi connectivity index (χ4v) is 3.33. The highest BCUT2D eigenvalue weighted by molar-refractivity contribution is 9.10. The van der Waals surface area contributed by atoms with Crippen LogP contribution in [0.2, 0.25) is 0 Å². The monoisotopic (exact) mass is 336 g/mol. The van der Waals surface area contributed by atoms with E-state index in [1.807, 2.05) is 18.2 Å². The van der Waals surface area contributed by atoms with Crippen LogP contribution in [0.4, 0.5) is 5.69 Å². The minimum Gasteiger partial charge on any atom is -0.381 e. The second kappa shape index (κ2) is 5.72. The molecule has 20 heavy (non-hydrogen) atoms. The van der Waals surface area contributed by atoms with Crippen LogP contribution in [0.25, 0.3) is 0 Å². The van der Waals surface area contributed by atoms with Gasteiger partial charge in [-0.05, 0) is 18.2 Å². The number of hydrogen-bond acceptors (Lipinski definition) is 4. The van der Waals surface area contributed by atoms with Crippen LogP contribution in [0.3, 0.4) is 0 Å². The van der Waals surface area contributed by atoms with Crippen molar-refractivity contribution >= 4 is 21.6 Å². The second-order valence-corrected chi connectivity index (χ2v) is 6.25. The molecule has 106 valence electrons. The molecular formula is C15H17BrN2O2. The molecule has 0 unspecified atom stereocenters. The number of nitriles is 1. The first-order valence-electron chi connectivity index (χ1n) is 6.89. The summed E-state index contributed by atoms with van der Waals surface area (Å²) in [5, 5.41) is 9.33. The lowest BCUT2D eigenvalue weighted by Gasteiger charge is -2.45. The standard InChI is InChI=1S/C15H17BrN2O2/c16-13-1-2-14(12(9-13)10-17)18-5-8-20-15(11-18)3-6-19-7-4-15/h1-2,9H,3-8,11H2. The van der Waals surface area contributed by atoms with Crippen LogP contribution < -0.4 is 4.90 Å². The maximum absolute atomic E-state index is 9.33. The summed E-state index contributed by atoms with van der Waals surface area (Å²) in [7, 11) is 0. The first-order valence-corrected chi connectivity index (χ1v) is 7.68. The molecule has 0 amide bonds. The van der Waals surface area contributed by atoms with Gasteiger partial charge in [-0.3, -0.25) is 0 Å². The minimum atomic E-state index is -0.101. The first kappa shape index (κ1) is 13.9. The lowest BCUT2D eigenvalue weighted by molar-refractivity contribution is -0.116. The van der Waals surface area contributed by atoms with Gasteiger partial charge in [0.15, 0.2) is 0 Å². The van der Waals surface area contributed by atoms with E-state index in [4.69, 9.17) is 9.47 Å². The molecule has 0 N–H and O–H groups in total. The number of morpholine rings is 1. The summed E-state index contributed by atoms with van der Waals surface area (Å²) in [5.74, 6) is 0. The summed E-state index contributed by atoms with van der Waals surface area (Å²) in [6, 6.07) is 8.17. The van der Waals surface area contributed by atoms with Crippen molar-refractivity contribution in [3.8, 4) is 6.07 Å². The molecule has 5 heteroatoms. The number of ether oxygens (including phenoxy) is 2. The summed E-state index contributed by atoms with van der Waals surface area (Å²) in [6.45, 7) is 3.91. The predicted molar refractivity (Wildman–Crippen MR) is 79.8 cm³/mol. The van der Waals surface area contributed by atoms with Gasteiger partial charge < -0.3 is 14.4 Å². The lowest BCUT2D eigenvalue weighted by Crippen LogP contribution is -2.54. The van der Waals surface area contributed by atoms with E-state index in [1.165, 1.54) is 0 Å². The molecule has 0 saturated carbocycles. The van der Waals surface area contributed by atoms with Gasteiger partial charge >= 0.3 is 0 Å². The Labute approximate surface area is 127 Å². The normalized spacial score (nSPS) is 21.7. The van der Waals surface area contributed by atoms with Crippen LogP contribution in [0.15, 0.2) is 22.7 Å². The van der Waals surface area contributed by atoms with Gasteiger partial charge in [0.25, 0.3) is 0 Å². The summed E-state index contributed by atoms with van der Waals surface area (Å²) in [4.78, 5) is 2.28. The maximum atomic E-state index is 9.33. The van der Waals surface area contributed by atoms with Crippen molar-refractivity contribution in [1.29, 1.82) is 5.26 Å². The zero-order chi connectivity index (χ0) is 14.0. The molecule has 2 aliphatic heterocycles. The molecule has 0 atom stereocenters. The zero-order valence-corrected chi connectivity index (χ0v) is 12.9. The van der Waals surface area contributed by atoms with Crippen molar-refractivity contribution in [2.24, 2.45) is 0 Å². The van der Waals surface area contributed by atoms with Gasteiger partial charge in [0.2, 0.25) is 0 Å². The number of nitrogens with zero attached hydrogens (tertiary/aromatic N) is 2. The number of anilines is 1. The van der Waals surface area contributed by atoms with Gasteiger partial charge in [-0.25, -0.2) is 0 Å². The zero-order valence-electron chi connectivity index (χ0n) is 11.3. The number of benzene rings is 1. The molecule has 2 aliphatic rings. The molecule has 1 aromatic rings. The van der Waals surface area contributed by atoms with Crippen LogP contribution in [0.1, 0.15) is 18.4 Å². The van der Waals surface area contributed by atoms with Crippen molar-refractivity contribution in [2.45, 2.75) is 18.4 Å². The van der Waals surface area contributed by atoms with Crippen molar-refractivity contribution in [3.05, 3.63) is 28.2 Å². The third-order valence-corrected chi connectivity index (χ3v) is 4.57. The quantitative estimate of drug-likeness (QED) is 0.791. The van der Waals surface area contributed by atoms with Gasteiger partial charge in [0.05, 0.1) is 23.5 Å². The Morgan fingerprint density at radius 2 is 2.05 bits per heavy atom. The molecule has 2 heterocycles. The Bertz CT molecular complexity index is 530. The Balaban J connectivity index is 1.85. The molecule has 0 aliphatic carbocycles. The van der Waals surface area contributed by atoms with Gasteiger partial charge in [-0.15, -0.1) is 0 Å². The number of hydrogen-bond donors (Lipinski definition) is 0. The number of halogens is 1. The summed E-state index contributed by atoms with van der Waals surface area (Å²) in [5.41, 5.74) is 1.62. The average Bonchev–Trinajstić information content (AvgIpc) is 2.48. The summed E-state index contributed by atoms with van der Waals surface area (Å²) in [6.07, 6.45) is 1.86. The largest absolute Gasteiger partial charge is 0.381 e. The average molecular weight is 337 g/mol. The topological polar surface area (TPSA) is 45.5 Å². The van der Waals surface area contributed by atoms with E-state index in [-0.39, 0.29) is 5.60 Å². The van der Waals surface area contributed by atoms with E-state index in [9.17, 15) is 5.26 Å². The molecule has 4 nitrogen and oxygen atoms in total. The van der Waals surface area contributed by atoms with E-state index in [1.54, 1.807) is 0 Å². The van der Waals surface area contributed by atoms with E-state index >= 15 is 0 Å². The molecule has 3 rings (SSSR count). The number of rotatable bonds is 1. The van der Waals surface area contributed by atoms with Crippen LogP contribution in [-0.2, 0) is 9.47 Å². The molecular weight excluding hydrogens is 320 g/mol. The van der Waals surface area contributed by atoms with Gasteiger partial charge in [0, 0.05) is 43.6 Å². The fraction of sp³-hybridized carbons (Fsp3) is 0.533. The minimum absolute atomic E-state index is 0.101. The van der Waals surface area contributed by atoms with Crippen molar-refractivity contribution in [1.82, 2.24) is 0 Å². The SMILES string of the molecule is N#Cc1cc(Br)ccc1N1CCOC2(CCOCC2)C1. The maximum Gasteiger partial charge on any atom is 0.101 e. The van der Waals surface area contributed by atoms with Gasteiger partial charge in [0.1, 0.15) is 6.07 Å². The second-order valence-electron chi connectivity index (χ2n) is 5.34. The fourth-order valence-electron chi connectivity index (χ4n) is 2.97. The molecule has 2 fully saturated rings. The highest BCUT2D eigenvalue weighted by Crippen LogP contribution is 2.33. The van der Waals surface area contributed by atoms with Crippen LogP contribution in [0.5, 0.6) is 0 Å². The highest BCUT2D eigenvalue weighted by atomic mass is 79.9. The molecule has 0 bridgehead atoms. The molecule has 1 spiro atoms. The van der Waals surface area contributed by atoms with Crippen molar-refractivity contribution < 1.29 is 9.47 Å². The first-order chi connectivity index (χ1) is 9.72. The Hall–Kier alpha value is -1.09. The van der Waals surface area contributed by atoms with E-state index < -0.39 is 0 Å². The molecule has 1 aromatic carbocycles. The van der Waals surface area contributed by atoms with E-state index in [0.29, 0.717) is 12.2 Å². The Kier molecular flexibility index (Phi) is 3.97. The van der Waals surface area contributed by atoms with Crippen LogP contribution >= 0.6 is 15.9 Å². The summed E-state index contributed by atoms with van der Waals surface area (Å²) >= 11 is 3.42. The predicted octanol–water partition coefficient (Wildman–Crippen LogP) is 2.71. The Morgan fingerprint density at radius 3 is 2.80 bits per heavy atom. The van der Waals surface area contributed by atoms with Crippen molar-refractivity contribution in [2.75, 3.05) is 37.8 Å². The van der Waals surface area contributed by atoms with Crippen LogP contribution in [-0.4, -0.2) is 38.5 Å². The van der Waals surface area contributed by atoms with Crippen molar-refractivity contribution in [3.63, 3.8) is 0 Å². The molecule has 0 aromatic heterocycles. The smallest absolute Gasteiger partial charge is 0.101 e. The third-order valence-electron chi connectivity index (χ3n) is 4.07. The van der Waals surface area contributed by atoms with E-state index in [0.717, 1.165) is 49.3 Å². The van der Waals surface area contributed by atoms with Gasteiger partial charge in [-0.1, -0.05) is 15.9 Å². The van der Waals surface area contributed by atoms with Gasteiger partial charge in [-0.2, -0.15) is 5.26 Å². The molecule has 0 radical (unpaired) electrons. The highest BCUT2D eigenvalue weighted by Gasteiger charge is 2.38. The summed E-state index contributed by atoms with van der Waals surface area (Å²) < 4.78 is 12.4. The lowest BCUT2D eigenvalue weighted by atomic mass is 9.91. The Morgan fingerprint density at radius 1 is 1.25 bits per heavy atom. The molecule has 2 saturated heterocycles. The third kappa shape index (κ3) is 2.69.